The molecule has 2 nitrogen and oxygen atoms in total. The molecule has 3 heteroatoms. The average molecular weight is 193 g/mol. The van der Waals surface area contributed by atoms with Crippen molar-refractivity contribution >= 4 is 17.2 Å². The lowest BCUT2D eigenvalue weighted by molar-refractivity contribution is 0.259. The van der Waals surface area contributed by atoms with E-state index in [9.17, 15) is 0 Å². The Balaban J connectivity index is 2.24. The Labute approximate surface area is 82.7 Å². The molecule has 1 heterocycles. The highest BCUT2D eigenvalue weighted by atomic mass is 32.1. The van der Waals surface area contributed by atoms with Gasteiger partial charge in [0.15, 0.2) is 0 Å². The summed E-state index contributed by atoms with van der Waals surface area (Å²) < 4.78 is 5.53. The number of hydrogen-bond donors (Lipinski definition) is 1. The first-order chi connectivity index (χ1) is 6.27. The van der Waals surface area contributed by atoms with Crippen LogP contribution in [0.4, 0.5) is 0 Å². The number of fused-ring (bicyclic) bond motifs is 1. The first kappa shape index (κ1) is 8.51. The van der Waals surface area contributed by atoms with Crippen LogP contribution in [-0.2, 0) is 6.42 Å². The van der Waals surface area contributed by atoms with E-state index in [4.69, 9.17) is 22.7 Å². The van der Waals surface area contributed by atoms with Crippen molar-refractivity contribution in [3.63, 3.8) is 0 Å². The topological polar surface area (TPSA) is 35.2 Å². The van der Waals surface area contributed by atoms with Gasteiger partial charge in [-0.3, -0.25) is 0 Å². The van der Waals surface area contributed by atoms with Crippen molar-refractivity contribution in [1.82, 2.24) is 0 Å². The Morgan fingerprint density at radius 2 is 2.23 bits per heavy atom. The summed E-state index contributed by atoms with van der Waals surface area (Å²) in [6.07, 6.45) is 0.908. The highest BCUT2D eigenvalue weighted by Crippen LogP contribution is 2.26. The van der Waals surface area contributed by atoms with Gasteiger partial charge in [0.2, 0.25) is 0 Å². The van der Waals surface area contributed by atoms with Crippen LogP contribution in [0.3, 0.4) is 0 Å². The van der Waals surface area contributed by atoms with Gasteiger partial charge in [0, 0.05) is 5.92 Å². The van der Waals surface area contributed by atoms with Crippen molar-refractivity contribution in [3.05, 3.63) is 29.8 Å². The van der Waals surface area contributed by atoms with Crippen LogP contribution in [0, 0.1) is 5.92 Å². The molecule has 0 aliphatic carbocycles. The highest BCUT2D eigenvalue weighted by Gasteiger charge is 2.20. The third-order valence-corrected chi connectivity index (χ3v) is 2.61. The normalized spacial score (nSPS) is 20.2. The number of para-hydroxylation sites is 1. The number of ether oxygens (including phenoxy) is 1. The molecule has 0 amide bonds. The van der Waals surface area contributed by atoms with Crippen LogP contribution in [0.15, 0.2) is 24.3 Å². The number of benzene rings is 1. The zero-order valence-corrected chi connectivity index (χ0v) is 8.01. The van der Waals surface area contributed by atoms with Crippen LogP contribution >= 0.6 is 12.2 Å². The van der Waals surface area contributed by atoms with Gasteiger partial charge in [-0.15, -0.1) is 0 Å². The quantitative estimate of drug-likeness (QED) is 0.687. The van der Waals surface area contributed by atoms with Crippen LogP contribution < -0.4 is 10.5 Å². The summed E-state index contributed by atoms with van der Waals surface area (Å²) in [7, 11) is 0. The minimum absolute atomic E-state index is 0.199. The molecule has 1 aliphatic heterocycles. The minimum Gasteiger partial charge on any atom is -0.493 e. The Morgan fingerprint density at radius 1 is 1.46 bits per heavy atom. The maximum atomic E-state index is 5.58. The van der Waals surface area contributed by atoms with Crippen LogP contribution in [-0.4, -0.2) is 11.6 Å². The fourth-order valence-electron chi connectivity index (χ4n) is 1.51. The lowest BCUT2D eigenvalue weighted by Crippen LogP contribution is -2.31. The number of rotatable bonds is 1. The van der Waals surface area contributed by atoms with Gasteiger partial charge < -0.3 is 10.5 Å². The molecule has 0 radical (unpaired) electrons. The summed E-state index contributed by atoms with van der Waals surface area (Å²) in [5, 5.41) is 0. The van der Waals surface area contributed by atoms with Gasteiger partial charge in [0.1, 0.15) is 5.75 Å². The zero-order chi connectivity index (χ0) is 9.26. The largest absolute Gasteiger partial charge is 0.493 e. The Bertz CT molecular complexity index is 337. The van der Waals surface area contributed by atoms with E-state index in [1.165, 1.54) is 5.56 Å². The molecule has 68 valence electrons. The Morgan fingerprint density at radius 3 is 3.00 bits per heavy atom. The second-order valence-corrected chi connectivity index (χ2v) is 3.69. The molecule has 0 aromatic heterocycles. The monoisotopic (exact) mass is 193 g/mol. The van der Waals surface area contributed by atoms with Gasteiger partial charge >= 0.3 is 0 Å². The molecule has 0 bridgehead atoms. The maximum Gasteiger partial charge on any atom is 0.122 e. The highest BCUT2D eigenvalue weighted by molar-refractivity contribution is 7.80. The van der Waals surface area contributed by atoms with Crippen molar-refractivity contribution in [2.24, 2.45) is 11.7 Å². The first-order valence-corrected chi connectivity index (χ1v) is 4.68. The predicted molar refractivity (Wildman–Crippen MR) is 55.9 cm³/mol. The van der Waals surface area contributed by atoms with E-state index in [0.717, 1.165) is 12.2 Å². The van der Waals surface area contributed by atoms with E-state index in [-0.39, 0.29) is 5.92 Å². The van der Waals surface area contributed by atoms with Crippen molar-refractivity contribution < 1.29 is 4.74 Å². The molecule has 0 fully saturated rings. The van der Waals surface area contributed by atoms with E-state index >= 15 is 0 Å². The number of nitrogens with two attached hydrogens (primary N) is 1. The molecule has 1 unspecified atom stereocenters. The van der Waals surface area contributed by atoms with Gasteiger partial charge in [-0.2, -0.15) is 0 Å². The van der Waals surface area contributed by atoms with E-state index < -0.39 is 0 Å². The molecule has 0 spiro atoms. The van der Waals surface area contributed by atoms with Crippen molar-refractivity contribution in [2.45, 2.75) is 6.42 Å². The van der Waals surface area contributed by atoms with E-state index in [2.05, 4.69) is 6.07 Å². The summed E-state index contributed by atoms with van der Waals surface area (Å²) in [5.74, 6) is 1.17. The van der Waals surface area contributed by atoms with Gasteiger partial charge in [-0.25, -0.2) is 0 Å². The molecule has 1 aromatic rings. The van der Waals surface area contributed by atoms with Crippen LogP contribution in [0.25, 0.3) is 0 Å². The average Bonchev–Trinajstić information content (AvgIpc) is 2.17. The van der Waals surface area contributed by atoms with E-state index in [1.54, 1.807) is 0 Å². The maximum absolute atomic E-state index is 5.58. The lowest BCUT2D eigenvalue weighted by Gasteiger charge is -2.24. The fraction of sp³-hybridized carbons (Fsp3) is 0.300. The molecular formula is C10H11NOS. The third-order valence-electron chi connectivity index (χ3n) is 2.28. The predicted octanol–water partition coefficient (Wildman–Crippen LogP) is 1.52. The minimum atomic E-state index is 0.199. The van der Waals surface area contributed by atoms with Crippen molar-refractivity contribution in [3.8, 4) is 5.75 Å². The summed E-state index contributed by atoms with van der Waals surface area (Å²) in [5.41, 5.74) is 6.78. The second kappa shape index (κ2) is 3.34. The Kier molecular flexibility index (Phi) is 2.19. The lowest BCUT2D eigenvalue weighted by atomic mass is 9.97. The summed E-state index contributed by atoms with van der Waals surface area (Å²) in [6.45, 7) is 0.617. The van der Waals surface area contributed by atoms with E-state index in [0.29, 0.717) is 11.6 Å². The second-order valence-electron chi connectivity index (χ2n) is 3.22. The Hall–Kier alpha value is -1.09. The molecule has 0 saturated carbocycles. The van der Waals surface area contributed by atoms with Gasteiger partial charge in [-0.1, -0.05) is 30.4 Å². The fourth-order valence-corrected chi connectivity index (χ4v) is 1.66. The number of thiocarbonyl (C=S) groups is 1. The summed E-state index contributed by atoms with van der Waals surface area (Å²) >= 11 is 4.94. The summed E-state index contributed by atoms with van der Waals surface area (Å²) in [4.78, 5) is 0.550. The van der Waals surface area contributed by atoms with Crippen LogP contribution in [0.2, 0.25) is 0 Å². The molecular weight excluding hydrogens is 182 g/mol. The SMILES string of the molecule is NC(=S)C1COc2ccccc2C1. The molecule has 2 N–H and O–H groups in total. The molecule has 1 atom stereocenters. The van der Waals surface area contributed by atoms with Crippen molar-refractivity contribution in [1.29, 1.82) is 0 Å². The van der Waals surface area contributed by atoms with E-state index in [1.807, 2.05) is 18.2 Å². The summed E-state index contributed by atoms with van der Waals surface area (Å²) in [6, 6.07) is 8.01. The molecule has 2 rings (SSSR count). The van der Waals surface area contributed by atoms with Gasteiger partial charge in [0.25, 0.3) is 0 Å². The molecule has 1 aliphatic rings. The smallest absolute Gasteiger partial charge is 0.122 e. The molecule has 1 aromatic carbocycles. The zero-order valence-electron chi connectivity index (χ0n) is 7.19. The van der Waals surface area contributed by atoms with Crippen LogP contribution in [0.5, 0.6) is 5.75 Å². The molecule has 13 heavy (non-hydrogen) atoms. The van der Waals surface area contributed by atoms with Crippen molar-refractivity contribution in [2.75, 3.05) is 6.61 Å². The first-order valence-electron chi connectivity index (χ1n) is 4.27. The number of hydrogen-bond acceptors (Lipinski definition) is 2. The molecule has 0 saturated heterocycles. The van der Waals surface area contributed by atoms with Gasteiger partial charge in [-0.05, 0) is 18.1 Å². The van der Waals surface area contributed by atoms with Crippen LogP contribution in [0.1, 0.15) is 5.56 Å². The van der Waals surface area contributed by atoms with Gasteiger partial charge in [0.05, 0.1) is 11.6 Å². The standard InChI is InChI=1S/C10H11NOS/c11-10(13)8-5-7-3-1-2-4-9(7)12-6-8/h1-4,8H,5-6H2,(H2,11,13). The third kappa shape index (κ3) is 1.65.